The fourth-order valence-corrected chi connectivity index (χ4v) is 3.39. The minimum Gasteiger partial charge on any atom is -0.386 e. The van der Waals surface area contributed by atoms with E-state index in [1.807, 2.05) is 55.5 Å². The van der Waals surface area contributed by atoms with Crippen molar-refractivity contribution in [2.45, 2.75) is 46.8 Å². The third-order valence-corrected chi connectivity index (χ3v) is 5.03. The van der Waals surface area contributed by atoms with E-state index in [4.69, 9.17) is 4.99 Å². The van der Waals surface area contributed by atoms with Gasteiger partial charge in [0.2, 0.25) is 0 Å². The number of carbonyl (C=O) groups excluding carboxylic acids is 1. The van der Waals surface area contributed by atoms with Gasteiger partial charge in [-0.3, -0.25) is 9.79 Å². The minimum absolute atomic E-state index is 0.0122. The van der Waals surface area contributed by atoms with Crippen molar-refractivity contribution in [3.8, 4) is 0 Å². The van der Waals surface area contributed by atoms with Crippen molar-refractivity contribution in [2.24, 2.45) is 10.9 Å². The van der Waals surface area contributed by atoms with Crippen LogP contribution in [0.2, 0.25) is 0 Å². The number of hydrogen-bond donors (Lipinski definition) is 2. The minimum atomic E-state index is -0.863. The summed E-state index contributed by atoms with van der Waals surface area (Å²) in [6.45, 7) is 10.4. The Morgan fingerprint density at radius 3 is 2.36 bits per heavy atom. The van der Waals surface area contributed by atoms with Crippen molar-refractivity contribution in [3.05, 3.63) is 76.4 Å². The Morgan fingerprint density at radius 1 is 1.14 bits per heavy atom. The van der Waals surface area contributed by atoms with Crippen molar-refractivity contribution in [1.82, 2.24) is 5.32 Å². The SMILES string of the molecule is C/C=C(\N=C(c1ccc(C(C)(C)O)cc1)C(C)C)c1ccc2c(c1)CNC2=O. The highest BCUT2D eigenvalue weighted by Gasteiger charge is 2.20. The molecule has 0 radical (unpaired) electrons. The van der Waals surface area contributed by atoms with Crippen LogP contribution in [0.25, 0.3) is 5.70 Å². The second-order valence-electron chi connectivity index (χ2n) is 8.02. The second-order valence-corrected chi connectivity index (χ2v) is 8.02. The molecule has 1 aliphatic rings. The average molecular weight is 377 g/mol. The number of carbonyl (C=O) groups is 1. The van der Waals surface area contributed by atoms with Gasteiger partial charge in [-0.1, -0.05) is 50.3 Å². The molecular weight excluding hydrogens is 348 g/mol. The lowest BCUT2D eigenvalue weighted by atomic mass is 9.93. The van der Waals surface area contributed by atoms with E-state index >= 15 is 0 Å². The Morgan fingerprint density at radius 2 is 1.79 bits per heavy atom. The van der Waals surface area contributed by atoms with E-state index in [-0.39, 0.29) is 11.8 Å². The van der Waals surface area contributed by atoms with Crippen LogP contribution in [0.4, 0.5) is 0 Å². The van der Waals surface area contributed by atoms with E-state index in [0.29, 0.717) is 6.54 Å². The van der Waals surface area contributed by atoms with Gasteiger partial charge in [-0.2, -0.15) is 0 Å². The molecule has 0 saturated heterocycles. The number of amides is 1. The molecule has 1 heterocycles. The summed E-state index contributed by atoms with van der Waals surface area (Å²) in [6.07, 6.45) is 2.00. The maximum Gasteiger partial charge on any atom is 0.251 e. The number of hydrogen-bond acceptors (Lipinski definition) is 3. The first-order chi connectivity index (χ1) is 13.2. The second kappa shape index (κ2) is 7.72. The first-order valence-electron chi connectivity index (χ1n) is 9.70. The third kappa shape index (κ3) is 4.07. The Kier molecular flexibility index (Phi) is 5.52. The quantitative estimate of drug-likeness (QED) is 0.745. The summed E-state index contributed by atoms with van der Waals surface area (Å²) in [5.41, 5.74) is 5.69. The van der Waals surface area contributed by atoms with Gasteiger partial charge in [-0.05, 0) is 55.5 Å². The van der Waals surface area contributed by atoms with Gasteiger partial charge in [-0.15, -0.1) is 0 Å². The van der Waals surface area contributed by atoms with Crippen LogP contribution in [0.3, 0.4) is 0 Å². The normalized spacial score (nSPS) is 15.0. The lowest BCUT2D eigenvalue weighted by molar-refractivity contribution is 0.0786. The molecule has 2 aromatic rings. The molecule has 0 fully saturated rings. The molecule has 2 N–H and O–H groups in total. The van der Waals surface area contributed by atoms with Crippen LogP contribution < -0.4 is 5.32 Å². The summed E-state index contributed by atoms with van der Waals surface area (Å²) in [5, 5.41) is 13.0. The molecule has 4 nitrogen and oxygen atoms in total. The van der Waals surface area contributed by atoms with Crippen LogP contribution in [0, 0.1) is 5.92 Å². The molecule has 28 heavy (non-hydrogen) atoms. The van der Waals surface area contributed by atoms with Crippen LogP contribution in [0.5, 0.6) is 0 Å². The molecule has 0 spiro atoms. The average Bonchev–Trinajstić information content (AvgIpc) is 3.02. The highest BCUT2D eigenvalue weighted by molar-refractivity contribution is 6.05. The van der Waals surface area contributed by atoms with Gasteiger partial charge < -0.3 is 10.4 Å². The molecule has 1 amide bonds. The number of aliphatic hydroxyl groups is 1. The van der Waals surface area contributed by atoms with E-state index in [2.05, 4.69) is 19.2 Å². The van der Waals surface area contributed by atoms with Gasteiger partial charge in [0, 0.05) is 17.7 Å². The van der Waals surface area contributed by atoms with Gasteiger partial charge in [0.1, 0.15) is 0 Å². The van der Waals surface area contributed by atoms with Crippen LogP contribution >= 0.6 is 0 Å². The predicted octanol–water partition coefficient (Wildman–Crippen LogP) is 4.66. The van der Waals surface area contributed by atoms with Gasteiger partial charge in [0.15, 0.2) is 0 Å². The third-order valence-electron chi connectivity index (χ3n) is 5.03. The molecule has 0 atom stereocenters. The van der Waals surface area contributed by atoms with Gasteiger partial charge in [0.05, 0.1) is 17.0 Å². The number of fused-ring (bicyclic) bond motifs is 1. The van der Waals surface area contributed by atoms with Crippen molar-refractivity contribution < 1.29 is 9.90 Å². The Balaban J connectivity index is 1.98. The summed E-state index contributed by atoms with van der Waals surface area (Å²) < 4.78 is 0. The van der Waals surface area contributed by atoms with E-state index in [1.54, 1.807) is 13.8 Å². The number of rotatable bonds is 5. The highest BCUT2D eigenvalue weighted by Crippen LogP contribution is 2.26. The van der Waals surface area contributed by atoms with Crippen molar-refractivity contribution >= 4 is 17.3 Å². The van der Waals surface area contributed by atoms with Crippen molar-refractivity contribution in [1.29, 1.82) is 0 Å². The zero-order valence-electron chi connectivity index (χ0n) is 17.2. The summed E-state index contributed by atoms with van der Waals surface area (Å²) in [4.78, 5) is 16.8. The van der Waals surface area contributed by atoms with E-state index in [1.165, 1.54) is 0 Å². The zero-order valence-corrected chi connectivity index (χ0v) is 17.2. The summed E-state index contributed by atoms with van der Waals surface area (Å²) in [5.74, 6) is 0.224. The lowest BCUT2D eigenvalue weighted by Gasteiger charge is -2.19. The number of aliphatic imine (C=N–C) groups is 1. The van der Waals surface area contributed by atoms with E-state index in [0.717, 1.165) is 39.2 Å². The number of allylic oxidation sites excluding steroid dienone is 1. The molecule has 0 saturated carbocycles. The summed E-state index contributed by atoms with van der Waals surface area (Å²) >= 11 is 0. The molecule has 146 valence electrons. The van der Waals surface area contributed by atoms with Gasteiger partial charge in [-0.25, -0.2) is 0 Å². The van der Waals surface area contributed by atoms with Gasteiger partial charge in [0.25, 0.3) is 5.91 Å². The van der Waals surface area contributed by atoms with Crippen molar-refractivity contribution in [2.75, 3.05) is 0 Å². The molecule has 1 aliphatic heterocycles. The molecule has 4 heteroatoms. The monoisotopic (exact) mass is 376 g/mol. The van der Waals surface area contributed by atoms with Gasteiger partial charge >= 0.3 is 0 Å². The summed E-state index contributed by atoms with van der Waals surface area (Å²) in [6, 6.07) is 13.8. The molecule has 0 aromatic heterocycles. The largest absolute Gasteiger partial charge is 0.386 e. The van der Waals surface area contributed by atoms with Crippen LogP contribution in [-0.2, 0) is 12.1 Å². The smallest absolute Gasteiger partial charge is 0.251 e. The number of nitrogens with zero attached hydrogens (tertiary/aromatic N) is 1. The van der Waals surface area contributed by atoms with E-state index < -0.39 is 5.60 Å². The fourth-order valence-electron chi connectivity index (χ4n) is 3.39. The van der Waals surface area contributed by atoms with E-state index in [9.17, 15) is 9.90 Å². The van der Waals surface area contributed by atoms with Crippen LogP contribution in [0.15, 0.2) is 53.5 Å². The Bertz CT molecular complexity index is 946. The fraction of sp³-hybridized carbons (Fsp3) is 0.333. The number of nitrogens with one attached hydrogen (secondary N) is 1. The highest BCUT2D eigenvalue weighted by atomic mass is 16.3. The molecule has 0 bridgehead atoms. The lowest BCUT2D eigenvalue weighted by Crippen LogP contribution is -2.16. The molecule has 0 unspecified atom stereocenters. The molecule has 3 rings (SSSR count). The molecule has 2 aromatic carbocycles. The topological polar surface area (TPSA) is 61.7 Å². The standard InChI is InChI=1S/C24H28N2O2/c1-6-21(17-9-12-20-18(13-17)14-25-23(20)27)26-22(15(2)3)16-7-10-19(11-8-16)24(4,5)28/h6-13,15,28H,14H2,1-5H3,(H,25,27)/b21-6-,26-22?. The summed E-state index contributed by atoms with van der Waals surface area (Å²) in [7, 11) is 0. The first-order valence-corrected chi connectivity index (χ1v) is 9.70. The number of benzene rings is 2. The Hall–Kier alpha value is -2.72. The van der Waals surface area contributed by atoms with Crippen LogP contribution in [0.1, 0.15) is 67.2 Å². The molecular formula is C24H28N2O2. The van der Waals surface area contributed by atoms with Crippen molar-refractivity contribution in [3.63, 3.8) is 0 Å². The Labute approximate surface area is 167 Å². The zero-order chi connectivity index (χ0) is 20.5. The predicted molar refractivity (Wildman–Crippen MR) is 114 cm³/mol. The van der Waals surface area contributed by atoms with Crippen LogP contribution in [-0.4, -0.2) is 16.7 Å². The maximum absolute atomic E-state index is 11.8. The first kappa shape index (κ1) is 20.0. The molecule has 0 aliphatic carbocycles. The maximum atomic E-state index is 11.8.